The summed E-state index contributed by atoms with van der Waals surface area (Å²) in [7, 11) is 0. The van der Waals surface area contributed by atoms with Gasteiger partial charge in [-0.1, -0.05) is 85.8 Å². The van der Waals surface area contributed by atoms with Gasteiger partial charge in [-0.05, 0) is 64.5 Å². The predicted octanol–water partition coefficient (Wildman–Crippen LogP) is 6.70. The van der Waals surface area contributed by atoms with Gasteiger partial charge < -0.3 is 0 Å². The van der Waals surface area contributed by atoms with Crippen molar-refractivity contribution in [3.05, 3.63) is 124 Å². The van der Waals surface area contributed by atoms with Crippen molar-refractivity contribution < 1.29 is 0 Å². The highest BCUT2D eigenvalue weighted by Crippen LogP contribution is 2.43. The fraction of sp³-hybridized carbons (Fsp3) is 0.154. The van der Waals surface area contributed by atoms with E-state index < -0.39 is 0 Å². The Balaban J connectivity index is 1.94. The molecule has 2 aromatic rings. The second kappa shape index (κ2) is 6.80. The van der Waals surface area contributed by atoms with Crippen molar-refractivity contribution in [3.8, 4) is 0 Å². The highest BCUT2D eigenvalue weighted by atomic mass is 14.3. The predicted molar refractivity (Wildman–Crippen MR) is 110 cm³/mol. The van der Waals surface area contributed by atoms with Crippen LogP contribution in [0.15, 0.2) is 107 Å². The van der Waals surface area contributed by atoms with Gasteiger partial charge in [0, 0.05) is 5.92 Å². The Morgan fingerprint density at radius 3 is 1.92 bits per heavy atom. The molecule has 0 amide bonds. The molecule has 0 heteroatoms. The first-order chi connectivity index (χ1) is 12.7. The first-order valence-corrected chi connectivity index (χ1v) is 9.22. The van der Waals surface area contributed by atoms with Crippen LogP contribution in [0.2, 0.25) is 0 Å². The maximum absolute atomic E-state index is 3.58. The lowest BCUT2D eigenvalue weighted by atomic mass is 9.85. The van der Waals surface area contributed by atoms with Gasteiger partial charge >= 0.3 is 0 Å². The Bertz CT molecular complexity index is 935. The molecule has 0 bridgehead atoms. The van der Waals surface area contributed by atoms with Crippen molar-refractivity contribution in [2.45, 2.75) is 20.8 Å². The van der Waals surface area contributed by atoms with E-state index in [-0.39, 0.29) is 0 Å². The topological polar surface area (TPSA) is 0 Å². The maximum atomic E-state index is 3.58. The molecule has 2 aliphatic carbocycles. The van der Waals surface area contributed by atoms with E-state index in [1.54, 1.807) is 0 Å². The molecule has 0 aliphatic heterocycles. The van der Waals surface area contributed by atoms with Crippen molar-refractivity contribution in [2.75, 3.05) is 0 Å². The highest BCUT2D eigenvalue weighted by molar-refractivity contribution is 5.89. The second-order valence-corrected chi connectivity index (χ2v) is 6.99. The van der Waals surface area contributed by atoms with Crippen LogP contribution >= 0.6 is 0 Å². The second-order valence-electron chi connectivity index (χ2n) is 6.99. The minimum Gasteiger partial charge on any atom is -0.0622 e. The lowest BCUT2D eigenvalue weighted by molar-refractivity contribution is 0.865. The van der Waals surface area contributed by atoms with E-state index in [4.69, 9.17) is 0 Å². The summed E-state index contributed by atoms with van der Waals surface area (Å²) < 4.78 is 0. The van der Waals surface area contributed by atoms with E-state index in [1.165, 1.54) is 44.6 Å². The SMILES string of the molecule is CC1=[C]C(C)C(C2=CC=CC2=C(c2ccccc2)c2ccccc2)=C1C. The number of hydrogen-bond donors (Lipinski definition) is 0. The van der Waals surface area contributed by atoms with Crippen molar-refractivity contribution in [3.63, 3.8) is 0 Å². The van der Waals surface area contributed by atoms with Crippen LogP contribution in [0, 0.1) is 12.0 Å². The summed E-state index contributed by atoms with van der Waals surface area (Å²) in [6.45, 7) is 6.64. The van der Waals surface area contributed by atoms with Crippen LogP contribution in [0.1, 0.15) is 31.9 Å². The van der Waals surface area contributed by atoms with E-state index in [0.29, 0.717) is 5.92 Å². The van der Waals surface area contributed by atoms with Gasteiger partial charge in [0.2, 0.25) is 0 Å². The lowest BCUT2D eigenvalue weighted by Crippen LogP contribution is -2.02. The van der Waals surface area contributed by atoms with Gasteiger partial charge in [0.1, 0.15) is 0 Å². The molecule has 127 valence electrons. The Morgan fingerprint density at radius 2 is 1.42 bits per heavy atom. The molecule has 1 radical (unpaired) electrons. The van der Waals surface area contributed by atoms with Crippen LogP contribution in [0.5, 0.6) is 0 Å². The third-order valence-electron chi connectivity index (χ3n) is 5.33. The van der Waals surface area contributed by atoms with Gasteiger partial charge in [0.15, 0.2) is 0 Å². The van der Waals surface area contributed by atoms with Crippen LogP contribution in [0.3, 0.4) is 0 Å². The largest absolute Gasteiger partial charge is 0.0622 e. The molecule has 26 heavy (non-hydrogen) atoms. The molecular formula is C26H23. The summed E-state index contributed by atoms with van der Waals surface area (Å²) in [6, 6.07) is 21.4. The quantitative estimate of drug-likeness (QED) is 0.585. The zero-order chi connectivity index (χ0) is 18.1. The number of benzene rings is 2. The third kappa shape index (κ3) is 2.82. The Labute approximate surface area is 156 Å². The molecule has 0 fully saturated rings. The number of allylic oxidation sites excluding steroid dienone is 9. The average Bonchev–Trinajstić information content (AvgIpc) is 3.21. The monoisotopic (exact) mass is 335 g/mol. The molecule has 4 rings (SSSR count). The Hall–Kier alpha value is -2.86. The third-order valence-corrected chi connectivity index (χ3v) is 5.33. The maximum Gasteiger partial charge on any atom is 0.00756 e. The van der Waals surface area contributed by atoms with Gasteiger partial charge in [-0.2, -0.15) is 0 Å². The first-order valence-electron chi connectivity index (χ1n) is 9.22. The summed E-state index contributed by atoms with van der Waals surface area (Å²) in [5.41, 5.74) is 10.5. The van der Waals surface area contributed by atoms with Crippen LogP contribution in [-0.2, 0) is 0 Å². The summed E-state index contributed by atoms with van der Waals surface area (Å²) in [5, 5.41) is 0. The minimum atomic E-state index is 0.337. The molecule has 0 aromatic heterocycles. The highest BCUT2D eigenvalue weighted by Gasteiger charge is 2.26. The van der Waals surface area contributed by atoms with E-state index in [9.17, 15) is 0 Å². The summed E-state index contributed by atoms with van der Waals surface area (Å²) >= 11 is 0. The minimum absolute atomic E-state index is 0.337. The summed E-state index contributed by atoms with van der Waals surface area (Å²) in [6.07, 6.45) is 10.3. The average molecular weight is 335 g/mol. The molecule has 2 aliphatic rings. The molecule has 0 N–H and O–H groups in total. The Morgan fingerprint density at radius 1 is 0.846 bits per heavy atom. The molecule has 0 nitrogen and oxygen atoms in total. The summed E-state index contributed by atoms with van der Waals surface area (Å²) in [4.78, 5) is 0. The van der Waals surface area contributed by atoms with E-state index in [2.05, 4.69) is 106 Å². The van der Waals surface area contributed by atoms with Gasteiger partial charge in [-0.3, -0.25) is 0 Å². The molecule has 1 atom stereocenters. The molecule has 0 spiro atoms. The smallest absolute Gasteiger partial charge is 0.00756 e. The van der Waals surface area contributed by atoms with Crippen LogP contribution in [-0.4, -0.2) is 0 Å². The van der Waals surface area contributed by atoms with Gasteiger partial charge in [0.05, 0.1) is 0 Å². The normalized spacial score (nSPS) is 19.0. The van der Waals surface area contributed by atoms with Crippen molar-refractivity contribution in [1.82, 2.24) is 0 Å². The fourth-order valence-corrected chi connectivity index (χ4v) is 4.03. The molecular weight excluding hydrogens is 312 g/mol. The number of hydrogen-bond acceptors (Lipinski definition) is 0. The molecule has 0 saturated carbocycles. The van der Waals surface area contributed by atoms with Crippen molar-refractivity contribution in [1.29, 1.82) is 0 Å². The van der Waals surface area contributed by atoms with Crippen LogP contribution in [0.4, 0.5) is 0 Å². The fourth-order valence-electron chi connectivity index (χ4n) is 4.03. The van der Waals surface area contributed by atoms with Crippen molar-refractivity contribution >= 4 is 5.57 Å². The zero-order valence-corrected chi connectivity index (χ0v) is 15.6. The molecule has 0 saturated heterocycles. The van der Waals surface area contributed by atoms with E-state index >= 15 is 0 Å². The summed E-state index contributed by atoms with van der Waals surface area (Å²) in [5.74, 6) is 0.337. The van der Waals surface area contributed by atoms with Gasteiger partial charge in [-0.15, -0.1) is 0 Å². The lowest BCUT2D eigenvalue weighted by Gasteiger charge is -2.19. The van der Waals surface area contributed by atoms with E-state index in [1.807, 2.05) is 0 Å². The molecule has 1 unspecified atom stereocenters. The molecule has 0 heterocycles. The van der Waals surface area contributed by atoms with E-state index in [0.717, 1.165) is 0 Å². The van der Waals surface area contributed by atoms with Gasteiger partial charge in [-0.25, -0.2) is 0 Å². The Kier molecular flexibility index (Phi) is 4.34. The number of rotatable bonds is 3. The standard InChI is InChI=1S/C26H23/c1-18-17-19(2)25(20(18)3)23-15-10-16-24(23)26(21-11-6-4-7-12-21)22-13-8-5-9-14-22/h4-16,19H,1-3H3. The van der Waals surface area contributed by atoms with Crippen LogP contribution < -0.4 is 0 Å². The van der Waals surface area contributed by atoms with Gasteiger partial charge in [0.25, 0.3) is 0 Å². The van der Waals surface area contributed by atoms with Crippen molar-refractivity contribution in [2.24, 2.45) is 5.92 Å². The first kappa shape index (κ1) is 16.6. The zero-order valence-electron chi connectivity index (χ0n) is 15.6. The van der Waals surface area contributed by atoms with Crippen LogP contribution in [0.25, 0.3) is 5.57 Å². The molecule has 2 aromatic carbocycles.